The average Bonchev–Trinajstić information content (AvgIpc) is 3.37. The van der Waals surface area contributed by atoms with E-state index >= 15 is 0 Å². The number of benzene rings is 1. The highest BCUT2D eigenvalue weighted by Crippen LogP contribution is 2.22. The number of amides is 1. The van der Waals surface area contributed by atoms with Crippen molar-refractivity contribution in [2.24, 2.45) is 0 Å². The smallest absolute Gasteiger partial charge is 0.244 e. The van der Waals surface area contributed by atoms with Crippen LogP contribution in [-0.2, 0) is 16.1 Å². The van der Waals surface area contributed by atoms with Crippen molar-refractivity contribution in [1.29, 1.82) is 0 Å². The second-order valence-electron chi connectivity index (χ2n) is 5.72. The molecule has 1 aromatic carbocycles. The highest BCUT2D eigenvalue weighted by atomic mass is 16.5. The zero-order valence-corrected chi connectivity index (χ0v) is 12.5. The van der Waals surface area contributed by atoms with E-state index in [1.54, 1.807) is 7.05 Å². The summed E-state index contributed by atoms with van der Waals surface area (Å²) in [5.41, 5.74) is 2.37. The number of anilines is 1. The van der Waals surface area contributed by atoms with E-state index < -0.39 is 0 Å². The summed E-state index contributed by atoms with van der Waals surface area (Å²) in [5.74, 6) is 0.00850. The maximum atomic E-state index is 12.0. The van der Waals surface area contributed by atoms with Crippen LogP contribution in [-0.4, -0.2) is 44.8 Å². The molecule has 5 nitrogen and oxygen atoms in total. The number of rotatable bonds is 5. The number of carbonyl (C=O) groups is 1. The number of likely N-dealkylation sites (N-methyl/N-ethyl adjacent to an activating group) is 1. The van der Waals surface area contributed by atoms with Gasteiger partial charge in [-0.25, -0.2) is 0 Å². The van der Waals surface area contributed by atoms with Crippen LogP contribution in [0.15, 0.2) is 24.3 Å². The monoisotopic (exact) mass is 289 g/mol. The molecule has 1 aromatic rings. The minimum absolute atomic E-state index is 0.00850. The molecule has 5 heteroatoms. The molecule has 1 unspecified atom stereocenters. The maximum absolute atomic E-state index is 12.0. The average molecular weight is 289 g/mol. The van der Waals surface area contributed by atoms with Crippen molar-refractivity contribution in [3.63, 3.8) is 0 Å². The maximum Gasteiger partial charge on any atom is 0.244 e. The van der Waals surface area contributed by atoms with Gasteiger partial charge in [-0.2, -0.15) is 0 Å². The molecule has 1 heterocycles. The zero-order chi connectivity index (χ0) is 14.7. The minimum Gasteiger partial charge on any atom is -0.377 e. The Bertz CT molecular complexity index is 485. The van der Waals surface area contributed by atoms with Crippen LogP contribution >= 0.6 is 0 Å². The van der Waals surface area contributed by atoms with Gasteiger partial charge in [0.25, 0.3) is 0 Å². The molecule has 21 heavy (non-hydrogen) atoms. The Balaban J connectivity index is 1.66. The Labute approximate surface area is 125 Å². The van der Waals surface area contributed by atoms with Crippen molar-refractivity contribution >= 4 is 11.6 Å². The predicted molar refractivity (Wildman–Crippen MR) is 82.3 cm³/mol. The van der Waals surface area contributed by atoms with E-state index in [0.29, 0.717) is 13.2 Å². The van der Waals surface area contributed by atoms with E-state index in [-0.39, 0.29) is 11.9 Å². The molecule has 0 bridgehead atoms. The normalized spacial score (nSPS) is 22.1. The summed E-state index contributed by atoms with van der Waals surface area (Å²) >= 11 is 0. The minimum atomic E-state index is -0.237. The van der Waals surface area contributed by atoms with Crippen LogP contribution in [0.2, 0.25) is 0 Å². The van der Waals surface area contributed by atoms with Gasteiger partial charge in [-0.3, -0.25) is 4.79 Å². The Hall–Kier alpha value is -1.59. The van der Waals surface area contributed by atoms with Gasteiger partial charge in [0.05, 0.1) is 13.2 Å². The summed E-state index contributed by atoms with van der Waals surface area (Å²) in [6.07, 6.45) is 2.61. The Kier molecular flexibility index (Phi) is 4.41. The fourth-order valence-electron chi connectivity index (χ4n) is 2.65. The lowest BCUT2D eigenvalue weighted by molar-refractivity contribution is -0.124. The molecule has 3 rings (SSSR count). The molecule has 1 aliphatic carbocycles. The van der Waals surface area contributed by atoms with Gasteiger partial charge in [-0.05, 0) is 30.5 Å². The van der Waals surface area contributed by atoms with Crippen molar-refractivity contribution < 1.29 is 9.53 Å². The van der Waals surface area contributed by atoms with Crippen molar-refractivity contribution in [2.45, 2.75) is 31.5 Å². The summed E-state index contributed by atoms with van der Waals surface area (Å²) in [6, 6.07) is 8.97. The molecule has 2 aliphatic rings. The molecule has 2 N–H and O–H groups in total. The van der Waals surface area contributed by atoms with Gasteiger partial charge in [-0.1, -0.05) is 12.1 Å². The topological polar surface area (TPSA) is 53.6 Å². The third-order valence-corrected chi connectivity index (χ3v) is 4.12. The Morgan fingerprint density at radius 1 is 1.33 bits per heavy atom. The van der Waals surface area contributed by atoms with Crippen LogP contribution in [0.3, 0.4) is 0 Å². The van der Waals surface area contributed by atoms with Crippen molar-refractivity contribution in [3.05, 3.63) is 29.8 Å². The first-order chi connectivity index (χ1) is 10.3. The summed E-state index contributed by atoms with van der Waals surface area (Å²) in [6.45, 7) is 2.79. The molecule has 1 aliphatic heterocycles. The molecule has 1 atom stereocenters. The zero-order valence-electron chi connectivity index (χ0n) is 12.5. The second-order valence-corrected chi connectivity index (χ2v) is 5.72. The first-order valence-corrected chi connectivity index (χ1v) is 7.66. The van der Waals surface area contributed by atoms with Crippen LogP contribution in [0, 0.1) is 0 Å². The molecule has 0 spiro atoms. The van der Waals surface area contributed by atoms with Crippen LogP contribution < -0.4 is 15.5 Å². The second kappa shape index (κ2) is 6.45. The van der Waals surface area contributed by atoms with Gasteiger partial charge < -0.3 is 20.3 Å². The van der Waals surface area contributed by atoms with Gasteiger partial charge in [0.15, 0.2) is 0 Å². The predicted octanol–water partition coefficient (Wildman–Crippen LogP) is 0.890. The molecule has 1 amide bonds. The summed E-state index contributed by atoms with van der Waals surface area (Å²) in [4.78, 5) is 14.1. The van der Waals surface area contributed by atoms with Crippen LogP contribution in [0.25, 0.3) is 0 Å². The van der Waals surface area contributed by atoms with E-state index in [2.05, 4.69) is 39.8 Å². The van der Waals surface area contributed by atoms with E-state index in [4.69, 9.17) is 4.74 Å². The summed E-state index contributed by atoms with van der Waals surface area (Å²) < 4.78 is 5.44. The molecular formula is C16H23N3O2. The molecule has 1 saturated carbocycles. The van der Waals surface area contributed by atoms with Gasteiger partial charge in [0.1, 0.15) is 6.04 Å². The fourth-order valence-corrected chi connectivity index (χ4v) is 2.65. The number of hydrogen-bond donors (Lipinski definition) is 2. The number of carbonyl (C=O) groups excluding carboxylic acids is 1. The van der Waals surface area contributed by atoms with Crippen LogP contribution in [0.1, 0.15) is 18.4 Å². The Morgan fingerprint density at radius 2 is 2.10 bits per heavy atom. The third kappa shape index (κ3) is 3.54. The first kappa shape index (κ1) is 14.4. The number of morpholine rings is 1. The molecule has 0 aromatic heterocycles. The molecule has 0 radical (unpaired) electrons. The summed E-state index contributed by atoms with van der Waals surface area (Å²) in [5, 5.41) is 6.23. The highest BCUT2D eigenvalue weighted by Gasteiger charge is 2.28. The van der Waals surface area contributed by atoms with E-state index in [0.717, 1.165) is 24.8 Å². The van der Waals surface area contributed by atoms with Gasteiger partial charge in [0.2, 0.25) is 5.91 Å². The van der Waals surface area contributed by atoms with Gasteiger partial charge >= 0.3 is 0 Å². The van der Waals surface area contributed by atoms with Gasteiger partial charge in [-0.15, -0.1) is 0 Å². The molecule has 1 saturated heterocycles. The molecule has 2 fully saturated rings. The lowest BCUT2D eigenvalue weighted by atomic mass is 10.1. The highest BCUT2D eigenvalue weighted by molar-refractivity contribution is 5.85. The van der Waals surface area contributed by atoms with Crippen molar-refractivity contribution in [1.82, 2.24) is 10.6 Å². The van der Waals surface area contributed by atoms with Crippen molar-refractivity contribution in [2.75, 3.05) is 31.7 Å². The van der Waals surface area contributed by atoms with E-state index in [9.17, 15) is 4.79 Å². The fraction of sp³-hybridized carbons (Fsp3) is 0.562. The number of nitrogens with zero attached hydrogens (tertiary/aromatic N) is 1. The largest absolute Gasteiger partial charge is 0.377 e. The van der Waals surface area contributed by atoms with E-state index in [1.165, 1.54) is 18.4 Å². The van der Waals surface area contributed by atoms with Crippen LogP contribution in [0.5, 0.6) is 0 Å². The van der Waals surface area contributed by atoms with Crippen molar-refractivity contribution in [3.8, 4) is 0 Å². The lowest BCUT2D eigenvalue weighted by Gasteiger charge is -2.36. The van der Waals surface area contributed by atoms with Gasteiger partial charge in [0, 0.05) is 31.9 Å². The number of hydrogen-bond acceptors (Lipinski definition) is 4. The lowest BCUT2D eigenvalue weighted by Crippen LogP contribution is -2.53. The third-order valence-electron chi connectivity index (χ3n) is 4.12. The molecule has 114 valence electrons. The molecular weight excluding hydrogens is 266 g/mol. The summed E-state index contributed by atoms with van der Waals surface area (Å²) in [7, 11) is 1.67. The first-order valence-electron chi connectivity index (χ1n) is 7.66. The number of nitrogens with one attached hydrogen (secondary N) is 2. The van der Waals surface area contributed by atoms with Crippen LogP contribution in [0.4, 0.5) is 5.69 Å². The number of ether oxygens (including phenoxy) is 1. The standard InChI is InChI=1S/C16H23N3O2/c1-17-16(20)15-11-21-9-8-19(15)14-6-2-12(3-7-14)10-18-13-4-5-13/h2-3,6-7,13,15,18H,4-5,8-11H2,1H3,(H,17,20). The van der Waals surface area contributed by atoms with E-state index in [1.807, 2.05) is 0 Å². The SMILES string of the molecule is CNC(=O)C1COCCN1c1ccc(CNC2CC2)cc1. The quantitative estimate of drug-likeness (QED) is 0.845. The Morgan fingerprint density at radius 3 is 2.76 bits per heavy atom.